The number of aromatic nitrogens is 3. The molecular formula is C21H17FN4OS2. The van der Waals surface area contributed by atoms with Crippen molar-refractivity contribution in [2.45, 2.75) is 12.1 Å². The number of carbonyl (C=O) groups is 1. The van der Waals surface area contributed by atoms with Gasteiger partial charge in [0.05, 0.1) is 16.3 Å². The van der Waals surface area contributed by atoms with Crippen molar-refractivity contribution in [1.29, 1.82) is 0 Å². The molecule has 4 aromatic rings. The molecule has 0 atom stereocenters. The maximum absolute atomic E-state index is 13.7. The normalized spacial score (nSPS) is 10.8. The quantitative estimate of drug-likeness (QED) is 0.434. The van der Waals surface area contributed by atoms with E-state index in [1.807, 2.05) is 53.3 Å². The van der Waals surface area contributed by atoms with E-state index in [9.17, 15) is 9.18 Å². The summed E-state index contributed by atoms with van der Waals surface area (Å²) < 4.78 is 15.7. The number of nitrogens with zero attached hydrogens (tertiary/aromatic N) is 3. The zero-order valence-corrected chi connectivity index (χ0v) is 17.1. The van der Waals surface area contributed by atoms with Gasteiger partial charge in [0.15, 0.2) is 11.0 Å². The Morgan fingerprint density at radius 3 is 2.62 bits per heavy atom. The van der Waals surface area contributed by atoms with Crippen LogP contribution in [0, 0.1) is 12.7 Å². The maximum Gasteiger partial charge on any atom is 0.234 e. The first kappa shape index (κ1) is 19.4. The van der Waals surface area contributed by atoms with Gasteiger partial charge in [0, 0.05) is 5.69 Å². The minimum atomic E-state index is -0.464. The van der Waals surface area contributed by atoms with Crippen molar-refractivity contribution in [3.8, 4) is 16.4 Å². The van der Waals surface area contributed by atoms with Crippen molar-refractivity contribution in [2.24, 2.45) is 0 Å². The number of para-hydroxylation sites is 1. The van der Waals surface area contributed by atoms with E-state index in [4.69, 9.17) is 0 Å². The van der Waals surface area contributed by atoms with E-state index >= 15 is 0 Å². The fourth-order valence-corrected chi connectivity index (χ4v) is 4.18. The maximum atomic E-state index is 13.7. The second kappa shape index (κ2) is 8.59. The van der Waals surface area contributed by atoms with Gasteiger partial charge in [-0.05, 0) is 42.6 Å². The van der Waals surface area contributed by atoms with Gasteiger partial charge in [-0.15, -0.1) is 21.5 Å². The number of hydrogen-bond donors (Lipinski definition) is 1. The van der Waals surface area contributed by atoms with Gasteiger partial charge in [-0.2, -0.15) is 0 Å². The average Bonchev–Trinajstić information content (AvgIpc) is 3.38. The van der Waals surface area contributed by atoms with Crippen molar-refractivity contribution >= 4 is 34.7 Å². The first-order valence-electron chi connectivity index (χ1n) is 8.85. The van der Waals surface area contributed by atoms with Crippen LogP contribution in [-0.4, -0.2) is 26.4 Å². The zero-order chi connectivity index (χ0) is 20.2. The summed E-state index contributed by atoms with van der Waals surface area (Å²) in [5.41, 5.74) is 2.23. The summed E-state index contributed by atoms with van der Waals surface area (Å²) in [7, 11) is 0. The molecule has 8 heteroatoms. The van der Waals surface area contributed by atoms with E-state index in [1.165, 1.54) is 23.9 Å². The standard InChI is InChI=1S/C21H17FN4OS2/c1-14-8-10-15(11-9-14)26-20(18-7-4-12-28-18)24-25-21(26)29-13-19(27)23-17-6-3-2-5-16(17)22/h2-12H,13H2,1H3,(H,23,27). The summed E-state index contributed by atoms with van der Waals surface area (Å²) in [6, 6.07) is 18.1. The first-order chi connectivity index (χ1) is 14.1. The molecule has 2 aromatic heterocycles. The molecule has 1 amide bonds. The predicted octanol–water partition coefficient (Wildman–Crippen LogP) is 5.17. The van der Waals surface area contributed by atoms with E-state index in [0.717, 1.165) is 22.0 Å². The molecule has 0 aliphatic rings. The molecule has 29 heavy (non-hydrogen) atoms. The number of benzene rings is 2. The van der Waals surface area contributed by atoms with Crippen LogP contribution in [0.5, 0.6) is 0 Å². The number of hydrogen-bond acceptors (Lipinski definition) is 5. The Morgan fingerprint density at radius 2 is 1.90 bits per heavy atom. The number of nitrogens with one attached hydrogen (secondary N) is 1. The first-order valence-corrected chi connectivity index (χ1v) is 10.7. The van der Waals surface area contributed by atoms with E-state index in [1.54, 1.807) is 23.5 Å². The number of amides is 1. The lowest BCUT2D eigenvalue weighted by Gasteiger charge is -2.10. The molecule has 2 heterocycles. The minimum Gasteiger partial charge on any atom is -0.323 e. The molecule has 146 valence electrons. The Bertz CT molecular complexity index is 1120. The predicted molar refractivity (Wildman–Crippen MR) is 115 cm³/mol. The molecule has 2 aromatic carbocycles. The lowest BCUT2D eigenvalue weighted by atomic mass is 10.2. The Hall–Kier alpha value is -2.97. The highest BCUT2D eigenvalue weighted by Crippen LogP contribution is 2.30. The third kappa shape index (κ3) is 4.38. The van der Waals surface area contributed by atoms with Gasteiger partial charge in [-0.25, -0.2) is 4.39 Å². The molecule has 0 saturated carbocycles. The van der Waals surface area contributed by atoms with Gasteiger partial charge in [-0.3, -0.25) is 9.36 Å². The molecule has 1 N–H and O–H groups in total. The molecule has 0 unspecified atom stereocenters. The molecule has 0 radical (unpaired) electrons. The molecule has 4 rings (SSSR count). The molecule has 0 aliphatic carbocycles. The van der Waals surface area contributed by atoms with Crippen molar-refractivity contribution < 1.29 is 9.18 Å². The van der Waals surface area contributed by atoms with Crippen LogP contribution in [0.25, 0.3) is 16.4 Å². The van der Waals surface area contributed by atoms with Gasteiger partial charge in [0.1, 0.15) is 5.82 Å². The highest BCUT2D eigenvalue weighted by atomic mass is 32.2. The van der Waals surface area contributed by atoms with Crippen LogP contribution in [0.2, 0.25) is 0 Å². The van der Waals surface area contributed by atoms with Crippen molar-refractivity contribution in [2.75, 3.05) is 11.1 Å². The number of thioether (sulfide) groups is 1. The van der Waals surface area contributed by atoms with E-state index < -0.39 is 5.82 Å². The molecule has 0 aliphatic heterocycles. The fraction of sp³-hybridized carbons (Fsp3) is 0.0952. The summed E-state index contributed by atoms with van der Waals surface area (Å²) in [5.74, 6) is 0.0358. The number of halogens is 1. The van der Waals surface area contributed by atoms with Crippen molar-refractivity contribution in [1.82, 2.24) is 14.8 Å². The smallest absolute Gasteiger partial charge is 0.234 e. The van der Waals surface area contributed by atoms with E-state index in [0.29, 0.717) is 5.16 Å². The number of rotatable bonds is 6. The molecule has 0 fully saturated rings. The van der Waals surface area contributed by atoms with E-state index in [2.05, 4.69) is 15.5 Å². The second-order valence-corrected chi connectivity index (χ2v) is 8.16. The number of aryl methyl sites for hydroxylation is 1. The van der Waals surface area contributed by atoms with Crippen LogP contribution in [0.15, 0.2) is 71.2 Å². The molecule has 0 bridgehead atoms. The largest absolute Gasteiger partial charge is 0.323 e. The van der Waals surface area contributed by atoms with Crippen LogP contribution in [0.4, 0.5) is 10.1 Å². The van der Waals surface area contributed by atoms with Gasteiger partial charge < -0.3 is 5.32 Å². The summed E-state index contributed by atoms with van der Waals surface area (Å²) in [5, 5.41) is 13.8. The van der Waals surface area contributed by atoms with Gasteiger partial charge in [0.2, 0.25) is 5.91 Å². The minimum absolute atomic E-state index is 0.0861. The summed E-state index contributed by atoms with van der Waals surface area (Å²) in [6.07, 6.45) is 0. The lowest BCUT2D eigenvalue weighted by molar-refractivity contribution is -0.113. The Kier molecular flexibility index (Phi) is 5.73. The molecular weight excluding hydrogens is 407 g/mol. The van der Waals surface area contributed by atoms with Crippen LogP contribution in [0.3, 0.4) is 0 Å². The van der Waals surface area contributed by atoms with Crippen LogP contribution in [0.1, 0.15) is 5.56 Å². The molecule has 0 spiro atoms. The third-order valence-corrected chi connectivity index (χ3v) is 5.94. The number of anilines is 1. The van der Waals surface area contributed by atoms with Crippen LogP contribution in [-0.2, 0) is 4.79 Å². The van der Waals surface area contributed by atoms with Crippen molar-refractivity contribution in [3.63, 3.8) is 0 Å². The number of thiophene rings is 1. The fourth-order valence-electron chi connectivity index (χ4n) is 2.73. The Morgan fingerprint density at radius 1 is 1.10 bits per heavy atom. The van der Waals surface area contributed by atoms with Gasteiger partial charge >= 0.3 is 0 Å². The third-order valence-electron chi connectivity index (χ3n) is 4.15. The summed E-state index contributed by atoms with van der Waals surface area (Å²) >= 11 is 2.83. The second-order valence-electron chi connectivity index (χ2n) is 6.27. The Balaban J connectivity index is 1.58. The average molecular weight is 425 g/mol. The lowest BCUT2D eigenvalue weighted by Crippen LogP contribution is -2.15. The Labute approximate surface area is 175 Å². The van der Waals surface area contributed by atoms with Crippen molar-refractivity contribution in [3.05, 3.63) is 77.4 Å². The number of carbonyl (C=O) groups excluding carboxylic acids is 1. The van der Waals surface area contributed by atoms with Gasteiger partial charge in [-0.1, -0.05) is 47.7 Å². The van der Waals surface area contributed by atoms with Crippen LogP contribution < -0.4 is 5.32 Å². The SMILES string of the molecule is Cc1ccc(-n2c(SCC(=O)Nc3ccccc3F)nnc2-c2cccs2)cc1. The molecule has 5 nitrogen and oxygen atoms in total. The van der Waals surface area contributed by atoms with E-state index in [-0.39, 0.29) is 17.3 Å². The molecule has 0 saturated heterocycles. The topological polar surface area (TPSA) is 59.8 Å². The van der Waals surface area contributed by atoms with Gasteiger partial charge in [0.25, 0.3) is 0 Å². The highest BCUT2D eigenvalue weighted by molar-refractivity contribution is 7.99. The summed E-state index contributed by atoms with van der Waals surface area (Å²) in [4.78, 5) is 13.3. The summed E-state index contributed by atoms with van der Waals surface area (Å²) in [6.45, 7) is 2.03. The zero-order valence-electron chi connectivity index (χ0n) is 15.5. The highest BCUT2D eigenvalue weighted by Gasteiger charge is 2.18. The monoisotopic (exact) mass is 424 g/mol. The van der Waals surface area contributed by atoms with Crippen LogP contribution >= 0.6 is 23.1 Å².